The molecular weight excluding hydrogens is 404 g/mol. The Balaban J connectivity index is 0.00000272. The van der Waals surface area contributed by atoms with Gasteiger partial charge in [0.1, 0.15) is 18.5 Å². The first-order valence-corrected chi connectivity index (χ1v) is 8.99. The van der Waals surface area contributed by atoms with Crippen LogP contribution in [0.2, 0.25) is 0 Å². The normalized spacial score (nSPS) is 11.4. The van der Waals surface area contributed by atoms with Gasteiger partial charge in [-0.1, -0.05) is 31.7 Å². The van der Waals surface area contributed by atoms with Crippen LogP contribution in [0, 0.1) is 5.82 Å². The summed E-state index contributed by atoms with van der Waals surface area (Å²) in [5, 5.41) is 10.5. The monoisotopic (exact) mass is 425 g/mol. The van der Waals surface area contributed by atoms with Crippen molar-refractivity contribution in [1.29, 1.82) is 0 Å². The van der Waals surface area contributed by atoms with Crippen molar-refractivity contribution in [3.63, 3.8) is 0 Å². The Bertz CT molecular complexity index is 1260. The van der Waals surface area contributed by atoms with E-state index < -0.39 is 11.5 Å². The van der Waals surface area contributed by atoms with E-state index >= 15 is 0 Å². The molecule has 4 rings (SSSR count). The smallest absolute Gasteiger partial charge is 0.327 e. The quantitative estimate of drug-likeness (QED) is 0.494. The molecule has 0 saturated heterocycles. The van der Waals surface area contributed by atoms with Crippen LogP contribution in [0.3, 0.4) is 0 Å². The number of H-pyrrole nitrogens is 1. The highest BCUT2D eigenvalue weighted by molar-refractivity contribution is 5.70. The van der Waals surface area contributed by atoms with Crippen molar-refractivity contribution >= 4 is 0 Å². The van der Waals surface area contributed by atoms with Crippen LogP contribution in [0.5, 0.6) is 0 Å². The van der Waals surface area contributed by atoms with Gasteiger partial charge in [0.15, 0.2) is 5.82 Å². The minimum atomic E-state index is -0.598. The van der Waals surface area contributed by atoms with E-state index in [0.29, 0.717) is 17.7 Å². The molecular formula is C21H21F2N7O. The molecule has 2 heterocycles. The molecule has 0 saturated carbocycles. The third-order valence-electron chi connectivity index (χ3n) is 4.59. The Morgan fingerprint density at radius 2 is 1.94 bits per heavy atom. The lowest BCUT2D eigenvalue weighted by molar-refractivity contribution is 0.602. The maximum atomic E-state index is 14.9. The molecule has 2 aromatic heterocycles. The van der Waals surface area contributed by atoms with Crippen molar-refractivity contribution < 1.29 is 8.78 Å². The molecule has 0 aliphatic rings. The Hall–Kier alpha value is -3.92. The standard InChI is InChI=1S/C20H17F2N7O.CH4/c21-8-13(9-23)10-29-20(30)28(12-26-29)18-5-4-15(7-17(18)22)14-2-1-3-16(6-14)19-24-11-25-27-19;/h1-8,11-12H,9-10,23H2,(H,24,25,27);1H4/b13-8+;. The zero-order valence-electron chi connectivity index (χ0n) is 15.7. The first kappa shape index (κ1) is 21.8. The van der Waals surface area contributed by atoms with Crippen LogP contribution in [-0.2, 0) is 6.54 Å². The molecule has 31 heavy (non-hydrogen) atoms. The number of halogens is 2. The van der Waals surface area contributed by atoms with E-state index in [4.69, 9.17) is 5.73 Å². The molecule has 160 valence electrons. The second kappa shape index (κ2) is 9.26. The second-order valence-electron chi connectivity index (χ2n) is 6.49. The molecule has 0 fully saturated rings. The van der Waals surface area contributed by atoms with E-state index in [0.717, 1.165) is 20.4 Å². The summed E-state index contributed by atoms with van der Waals surface area (Å²) in [6.07, 6.45) is 2.94. The predicted octanol–water partition coefficient (Wildman–Crippen LogP) is 3.07. The SMILES string of the molecule is C.NC/C(=C\F)Cn1ncn(-c2ccc(-c3cccc(-c4ncn[nH]4)c3)cc2F)c1=O. The zero-order valence-corrected chi connectivity index (χ0v) is 15.7. The number of aromatic nitrogens is 6. The fourth-order valence-corrected chi connectivity index (χ4v) is 3.02. The van der Waals surface area contributed by atoms with Gasteiger partial charge in [-0.05, 0) is 34.9 Å². The van der Waals surface area contributed by atoms with Crippen molar-refractivity contribution in [2.75, 3.05) is 6.54 Å². The van der Waals surface area contributed by atoms with Crippen LogP contribution < -0.4 is 11.4 Å². The Kier molecular flexibility index (Phi) is 6.51. The molecule has 0 aliphatic carbocycles. The molecule has 0 radical (unpaired) electrons. The zero-order chi connectivity index (χ0) is 21.1. The highest BCUT2D eigenvalue weighted by atomic mass is 19.1. The molecule has 0 spiro atoms. The van der Waals surface area contributed by atoms with Crippen LogP contribution in [-0.4, -0.2) is 36.1 Å². The van der Waals surface area contributed by atoms with E-state index in [2.05, 4.69) is 20.3 Å². The van der Waals surface area contributed by atoms with Gasteiger partial charge in [0.2, 0.25) is 0 Å². The number of nitrogens with two attached hydrogens (primary N) is 1. The third-order valence-corrected chi connectivity index (χ3v) is 4.59. The Morgan fingerprint density at radius 1 is 1.16 bits per heavy atom. The summed E-state index contributed by atoms with van der Waals surface area (Å²) < 4.78 is 29.7. The summed E-state index contributed by atoms with van der Waals surface area (Å²) in [4.78, 5) is 16.6. The number of rotatable bonds is 6. The fourth-order valence-electron chi connectivity index (χ4n) is 3.02. The van der Waals surface area contributed by atoms with Gasteiger partial charge in [0.05, 0.1) is 18.6 Å². The van der Waals surface area contributed by atoms with Gasteiger partial charge in [-0.15, -0.1) is 0 Å². The summed E-state index contributed by atoms with van der Waals surface area (Å²) in [6.45, 7) is -0.154. The first-order chi connectivity index (χ1) is 14.6. The van der Waals surface area contributed by atoms with Gasteiger partial charge in [-0.25, -0.2) is 27.8 Å². The van der Waals surface area contributed by atoms with E-state index in [9.17, 15) is 13.6 Å². The van der Waals surface area contributed by atoms with Gasteiger partial charge in [0.25, 0.3) is 0 Å². The van der Waals surface area contributed by atoms with Crippen LogP contribution in [0.1, 0.15) is 7.43 Å². The molecule has 10 heteroatoms. The third kappa shape index (κ3) is 4.33. The summed E-state index contributed by atoms with van der Waals surface area (Å²) in [5.41, 5.74) is 7.27. The van der Waals surface area contributed by atoms with Crippen LogP contribution >= 0.6 is 0 Å². The topological polar surface area (TPSA) is 107 Å². The van der Waals surface area contributed by atoms with Gasteiger partial charge < -0.3 is 5.73 Å². The Labute approximate surface area is 176 Å². The fraction of sp³-hybridized carbons (Fsp3) is 0.143. The second-order valence-corrected chi connectivity index (χ2v) is 6.49. The highest BCUT2D eigenvalue weighted by Crippen LogP contribution is 2.26. The van der Waals surface area contributed by atoms with Crippen molar-refractivity contribution in [2.24, 2.45) is 5.73 Å². The molecule has 3 N–H and O–H groups in total. The van der Waals surface area contributed by atoms with Crippen LogP contribution in [0.4, 0.5) is 8.78 Å². The van der Waals surface area contributed by atoms with E-state index in [1.54, 1.807) is 6.07 Å². The molecule has 0 atom stereocenters. The molecule has 8 nitrogen and oxygen atoms in total. The number of hydrogen-bond donors (Lipinski definition) is 2. The predicted molar refractivity (Wildman–Crippen MR) is 114 cm³/mol. The van der Waals surface area contributed by atoms with Crippen molar-refractivity contribution in [3.8, 4) is 28.2 Å². The first-order valence-electron chi connectivity index (χ1n) is 8.99. The average Bonchev–Trinajstić information content (AvgIpc) is 3.43. The molecule has 0 amide bonds. The summed E-state index contributed by atoms with van der Waals surface area (Å²) in [5.74, 6) is 0.00591. The largest absolute Gasteiger partial charge is 0.350 e. The molecule has 4 aromatic rings. The van der Waals surface area contributed by atoms with Crippen molar-refractivity contribution in [3.05, 3.63) is 83.3 Å². The number of benzene rings is 2. The van der Waals surface area contributed by atoms with E-state index in [1.165, 1.54) is 24.8 Å². The Morgan fingerprint density at radius 3 is 2.61 bits per heavy atom. The average molecular weight is 425 g/mol. The van der Waals surface area contributed by atoms with Gasteiger partial charge >= 0.3 is 5.69 Å². The van der Waals surface area contributed by atoms with Gasteiger partial charge in [0, 0.05) is 12.1 Å². The summed E-state index contributed by atoms with van der Waals surface area (Å²) in [6, 6.07) is 11.9. The lowest BCUT2D eigenvalue weighted by atomic mass is 10.0. The molecule has 0 unspecified atom stereocenters. The lowest BCUT2D eigenvalue weighted by Gasteiger charge is -2.08. The molecule has 0 bridgehead atoms. The lowest BCUT2D eigenvalue weighted by Crippen LogP contribution is -2.26. The highest BCUT2D eigenvalue weighted by Gasteiger charge is 2.13. The molecule has 2 aromatic carbocycles. The van der Waals surface area contributed by atoms with E-state index in [-0.39, 0.29) is 31.8 Å². The van der Waals surface area contributed by atoms with Crippen molar-refractivity contribution in [1.82, 2.24) is 29.5 Å². The number of nitrogens with zero attached hydrogens (tertiary/aromatic N) is 5. The van der Waals surface area contributed by atoms with E-state index in [1.807, 2.05) is 24.3 Å². The summed E-state index contributed by atoms with van der Waals surface area (Å²) in [7, 11) is 0. The number of aromatic amines is 1. The molecule has 0 aliphatic heterocycles. The van der Waals surface area contributed by atoms with Crippen LogP contribution in [0.15, 0.2) is 71.8 Å². The number of hydrogen-bond acceptors (Lipinski definition) is 5. The van der Waals surface area contributed by atoms with Crippen molar-refractivity contribution in [2.45, 2.75) is 14.0 Å². The number of nitrogens with one attached hydrogen (secondary N) is 1. The van der Waals surface area contributed by atoms with Crippen LogP contribution in [0.25, 0.3) is 28.2 Å². The maximum Gasteiger partial charge on any atom is 0.350 e. The van der Waals surface area contributed by atoms with Gasteiger partial charge in [-0.2, -0.15) is 10.2 Å². The van der Waals surface area contributed by atoms with Gasteiger partial charge in [-0.3, -0.25) is 5.10 Å². The summed E-state index contributed by atoms with van der Waals surface area (Å²) >= 11 is 0. The maximum absolute atomic E-state index is 14.9. The minimum Gasteiger partial charge on any atom is -0.327 e. The minimum absolute atomic E-state index is 0.